The number of nitrogens with two attached hydrogens (primary N) is 3. The third kappa shape index (κ3) is 13.5. The first-order chi connectivity index (χ1) is 15.9. The van der Waals surface area contributed by atoms with E-state index in [0.717, 1.165) is 0 Å². The Labute approximate surface area is 210 Å². The Morgan fingerprint density at radius 2 is 1.53 bits per heavy atom. The predicted octanol–water partition coefficient (Wildman–Crippen LogP) is -1.36. The van der Waals surface area contributed by atoms with Crippen LogP contribution in [0, 0.1) is 5.92 Å². The fourth-order valence-electron chi connectivity index (χ4n) is 2.90. The van der Waals surface area contributed by atoms with Gasteiger partial charge in [0.2, 0.25) is 17.7 Å². The van der Waals surface area contributed by atoms with Gasteiger partial charge in [-0.2, -0.15) is 24.4 Å². The molecule has 12 nitrogen and oxygen atoms in total. The zero-order valence-electron chi connectivity index (χ0n) is 20.0. The second-order valence-corrected chi connectivity index (χ2v) is 9.52. The van der Waals surface area contributed by atoms with Gasteiger partial charge in [-0.15, -0.1) is 0 Å². The van der Waals surface area contributed by atoms with Gasteiger partial charge in [-0.3, -0.25) is 19.4 Å². The maximum absolute atomic E-state index is 12.9. The minimum atomic E-state index is -1.17. The molecule has 0 heterocycles. The van der Waals surface area contributed by atoms with E-state index in [2.05, 4.69) is 33.6 Å². The maximum Gasteiger partial charge on any atom is 0.326 e. The summed E-state index contributed by atoms with van der Waals surface area (Å²) in [5.74, 6) is -2.42. The van der Waals surface area contributed by atoms with Crippen LogP contribution in [0.5, 0.6) is 0 Å². The van der Waals surface area contributed by atoms with E-state index >= 15 is 0 Å². The molecule has 4 unspecified atom stereocenters. The molecule has 0 aromatic carbocycles. The Morgan fingerprint density at radius 3 is 2.03 bits per heavy atom. The number of guanidine groups is 1. The van der Waals surface area contributed by atoms with Crippen molar-refractivity contribution in [2.45, 2.75) is 63.7 Å². The van der Waals surface area contributed by atoms with Crippen LogP contribution in [0.1, 0.15) is 39.5 Å². The van der Waals surface area contributed by atoms with Crippen molar-refractivity contribution in [3.63, 3.8) is 0 Å². The lowest BCUT2D eigenvalue weighted by molar-refractivity contribution is -0.142. The van der Waals surface area contributed by atoms with Crippen LogP contribution in [0.2, 0.25) is 0 Å². The lowest BCUT2D eigenvalue weighted by Gasteiger charge is -2.24. The lowest BCUT2D eigenvalue weighted by Crippen LogP contribution is -2.57. The molecule has 14 heteroatoms. The summed E-state index contributed by atoms with van der Waals surface area (Å²) in [5.41, 5.74) is 16.5. The molecule has 0 aliphatic rings. The smallest absolute Gasteiger partial charge is 0.326 e. The summed E-state index contributed by atoms with van der Waals surface area (Å²) in [7, 11) is 0. The van der Waals surface area contributed by atoms with E-state index in [0.29, 0.717) is 18.6 Å². The van der Waals surface area contributed by atoms with E-state index in [1.54, 1.807) is 0 Å². The van der Waals surface area contributed by atoms with Crippen molar-refractivity contribution in [3.05, 3.63) is 0 Å². The van der Waals surface area contributed by atoms with Crippen LogP contribution >= 0.6 is 24.4 Å². The van der Waals surface area contributed by atoms with Crippen molar-refractivity contribution in [1.29, 1.82) is 0 Å². The van der Waals surface area contributed by atoms with E-state index in [1.807, 2.05) is 20.1 Å². The van der Waals surface area contributed by atoms with Crippen molar-refractivity contribution in [3.8, 4) is 0 Å². The Hall–Kier alpha value is -2.19. The molecule has 0 saturated heterocycles. The number of carboxylic acid groups (broad SMARTS) is 1. The van der Waals surface area contributed by atoms with Crippen LogP contribution < -0.4 is 33.2 Å². The highest BCUT2D eigenvalue weighted by atomic mass is 32.2. The number of carboxylic acids is 1. The number of hydrogen-bond acceptors (Lipinski definition) is 8. The molecule has 10 N–H and O–H groups in total. The second kappa shape index (κ2) is 17.3. The van der Waals surface area contributed by atoms with Gasteiger partial charge in [-0.05, 0) is 43.6 Å². The lowest BCUT2D eigenvalue weighted by atomic mass is 10.0. The monoisotopic (exact) mass is 521 g/mol. The molecule has 196 valence electrons. The Bertz CT molecular complexity index is 705. The predicted molar refractivity (Wildman–Crippen MR) is 138 cm³/mol. The first kappa shape index (κ1) is 31.8. The molecule has 0 fully saturated rings. The van der Waals surface area contributed by atoms with Gasteiger partial charge in [-0.25, -0.2) is 4.79 Å². The van der Waals surface area contributed by atoms with Crippen LogP contribution in [-0.4, -0.2) is 83.2 Å². The van der Waals surface area contributed by atoms with Crippen LogP contribution in [0.25, 0.3) is 0 Å². The zero-order valence-corrected chi connectivity index (χ0v) is 21.7. The van der Waals surface area contributed by atoms with Gasteiger partial charge < -0.3 is 38.3 Å². The van der Waals surface area contributed by atoms with E-state index in [1.165, 1.54) is 11.8 Å². The Kier molecular flexibility index (Phi) is 16.2. The average molecular weight is 522 g/mol. The molecule has 0 rings (SSSR count). The molecular formula is C20H39N7O5S2. The summed E-state index contributed by atoms with van der Waals surface area (Å²) in [4.78, 5) is 53.3. The number of rotatable bonds is 17. The SMILES string of the molecule is CSCCC(NC(=O)C(CS)NC(=O)C(CCCN=C(N)N)NC(=O)C(N)CC(C)C)C(=O)O. The highest BCUT2D eigenvalue weighted by molar-refractivity contribution is 7.98. The summed E-state index contributed by atoms with van der Waals surface area (Å²) >= 11 is 5.56. The third-order valence-corrected chi connectivity index (χ3v) is 5.69. The molecule has 0 radical (unpaired) electrons. The summed E-state index contributed by atoms with van der Waals surface area (Å²) in [5, 5.41) is 16.9. The number of thioether (sulfide) groups is 1. The number of hydrogen-bond donors (Lipinski definition) is 8. The number of aliphatic carboxylic acids is 1. The van der Waals surface area contributed by atoms with Crippen LogP contribution in [0.15, 0.2) is 4.99 Å². The standard InChI is InChI=1S/C20H39N7O5S2/c1-11(2)9-12(21)16(28)25-13(5-4-7-24-20(22)23)17(29)27-15(10-33)18(30)26-14(19(31)32)6-8-34-3/h11-15,33H,4-10,21H2,1-3H3,(H,25,28)(H,26,30)(H,27,29)(H,31,32)(H4,22,23,24). The minimum Gasteiger partial charge on any atom is -0.480 e. The molecule has 0 spiro atoms. The average Bonchev–Trinajstić information content (AvgIpc) is 2.75. The number of carbonyl (C=O) groups excluding carboxylic acids is 3. The second-order valence-electron chi connectivity index (χ2n) is 8.17. The summed E-state index contributed by atoms with van der Waals surface area (Å²) < 4.78 is 0. The minimum absolute atomic E-state index is 0.0754. The Morgan fingerprint density at radius 1 is 0.971 bits per heavy atom. The van der Waals surface area contributed by atoms with Crippen molar-refractivity contribution >= 4 is 54.0 Å². The number of nitrogens with one attached hydrogen (secondary N) is 3. The topological polar surface area (TPSA) is 215 Å². The van der Waals surface area contributed by atoms with Gasteiger partial charge in [0.05, 0.1) is 6.04 Å². The van der Waals surface area contributed by atoms with Gasteiger partial charge in [0, 0.05) is 12.3 Å². The third-order valence-electron chi connectivity index (χ3n) is 4.68. The van der Waals surface area contributed by atoms with E-state index in [4.69, 9.17) is 17.2 Å². The van der Waals surface area contributed by atoms with E-state index in [9.17, 15) is 24.3 Å². The fourth-order valence-corrected chi connectivity index (χ4v) is 3.63. The molecule has 0 aromatic heterocycles. The highest BCUT2D eigenvalue weighted by Crippen LogP contribution is 2.06. The highest BCUT2D eigenvalue weighted by Gasteiger charge is 2.29. The molecule has 0 bridgehead atoms. The number of thiol groups is 1. The normalized spacial score (nSPS) is 14.4. The van der Waals surface area contributed by atoms with Crippen LogP contribution in [0.3, 0.4) is 0 Å². The van der Waals surface area contributed by atoms with Crippen LogP contribution in [0.4, 0.5) is 0 Å². The quantitative estimate of drug-likeness (QED) is 0.0490. The zero-order chi connectivity index (χ0) is 26.3. The van der Waals surface area contributed by atoms with Crippen molar-refractivity contribution in [2.24, 2.45) is 28.1 Å². The van der Waals surface area contributed by atoms with Gasteiger partial charge in [0.15, 0.2) is 5.96 Å². The number of nitrogens with zero attached hydrogens (tertiary/aromatic N) is 1. The largest absolute Gasteiger partial charge is 0.480 e. The van der Waals surface area contributed by atoms with Crippen molar-refractivity contribution < 1.29 is 24.3 Å². The number of amides is 3. The van der Waals surface area contributed by atoms with Crippen molar-refractivity contribution in [2.75, 3.05) is 24.3 Å². The molecular weight excluding hydrogens is 482 g/mol. The number of carbonyl (C=O) groups is 4. The van der Waals surface area contributed by atoms with Gasteiger partial charge >= 0.3 is 5.97 Å². The fraction of sp³-hybridized carbons (Fsp3) is 0.750. The first-order valence-corrected chi connectivity index (χ1v) is 13.0. The molecule has 0 aliphatic heterocycles. The molecule has 3 amide bonds. The Balaban J connectivity index is 5.32. The molecule has 34 heavy (non-hydrogen) atoms. The molecule has 0 aromatic rings. The van der Waals surface area contributed by atoms with Crippen LogP contribution in [-0.2, 0) is 19.2 Å². The molecule has 0 aliphatic carbocycles. The summed E-state index contributed by atoms with van der Waals surface area (Å²) in [6.45, 7) is 4.09. The van der Waals surface area contributed by atoms with Gasteiger partial charge in [0.1, 0.15) is 18.1 Å². The summed E-state index contributed by atoms with van der Waals surface area (Å²) in [6, 6.07) is -4.00. The summed E-state index contributed by atoms with van der Waals surface area (Å²) in [6.07, 6.45) is 3.06. The molecule has 0 saturated carbocycles. The van der Waals surface area contributed by atoms with Gasteiger partial charge in [0.25, 0.3) is 0 Å². The van der Waals surface area contributed by atoms with E-state index in [-0.39, 0.29) is 37.0 Å². The first-order valence-electron chi connectivity index (χ1n) is 11.0. The van der Waals surface area contributed by atoms with Crippen molar-refractivity contribution in [1.82, 2.24) is 16.0 Å². The van der Waals surface area contributed by atoms with E-state index < -0.39 is 47.9 Å². The molecule has 4 atom stereocenters. The number of aliphatic imine (C=N–C) groups is 1. The van der Waals surface area contributed by atoms with Gasteiger partial charge in [-0.1, -0.05) is 13.8 Å². The maximum atomic E-state index is 12.9.